The second-order valence-corrected chi connectivity index (χ2v) is 9.79. The molecule has 3 amide bonds. The lowest BCUT2D eigenvalue weighted by Gasteiger charge is -2.23. The molecule has 0 heterocycles. The minimum absolute atomic E-state index is 0.163. The molecule has 2 aromatic rings. The van der Waals surface area contributed by atoms with Crippen LogP contribution in [-0.4, -0.2) is 65.8 Å². The summed E-state index contributed by atoms with van der Waals surface area (Å²) in [5.74, 6) is -0.367. The number of hydroxylamine groups is 1. The summed E-state index contributed by atoms with van der Waals surface area (Å²) in [6, 6.07) is 13.3. The standard InChI is InChI=1S/C25H32N4O5S/c1-29(2)18-11-9-16(10-12-18)24(32)26-20(15-35-13-5-8-22(31)28-34)25(33)27-23-19-7-4-3-6-17(19)14-21(23)30/h3-4,6-7,9-12,20-21,23,30,34H,5,8,13-15H2,1-2H3,(H,26,32)(H,27,33)(H,28,31)/t20-,21+,23-/m0/s1. The first kappa shape index (κ1) is 26.5. The number of hydrogen-bond acceptors (Lipinski definition) is 7. The Labute approximate surface area is 209 Å². The molecule has 9 nitrogen and oxygen atoms in total. The highest BCUT2D eigenvalue weighted by atomic mass is 32.2. The number of nitrogens with one attached hydrogen (secondary N) is 3. The quantitative estimate of drug-likeness (QED) is 0.180. The number of benzene rings is 2. The highest BCUT2D eigenvalue weighted by molar-refractivity contribution is 7.99. The monoisotopic (exact) mass is 500 g/mol. The second kappa shape index (κ2) is 12.6. The molecule has 10 heteroatoms. The van der Waals surface area contributed by atoms with Gasteiger partial charge < -0.3 is 20.6 Å². The zero-order valence-corrected chi connectivity index (χ0v) is 20.7. The Bertz CT molecular complexity index is 1030. The summed E-state index contributed by atoms with van der Waals surface area (Å²) >= 11 is 1.42. The van der Waals surface area contributed by atoms with Gasteiger partial charge in [-0.3, -0.25) is 19.6 Å². The third kappa shape index (κ3) is 7.20. The summed E-state index contributed by atoms with van der Waals surface area (Å²) in [5.41, 5.74) is 4.84. The van der Waals surface area contributed by atoms with Gasteiger partial charge in [0.1, 0.15) is 6.04 Å². The molecule has 0 saturated heterocycles. The number of anilines is 1. The highest BCUT2D eigenvalue weighted by Crippen LogP contribution is 2.31. The van der Waals surface area contributed by atoms with Gasteiger partial charge in [0.05, 0.1) is 12.1 Å². The largest absolute Gasteiger partial charge is 0.390 e. The normalized spacial score (nSPS) is 17.3. The smallest absolute Gasteiger partial charge is 0.251 e. The van der Waals surface area contributed by atoms with Gasteiger partial charge >= 0.3 is 0 Å². The molecule has 1 aliphatic rings. The molecule has 0 unspecified atom stereocenters. The van der Waals surface area contributed by atoms with Crippen LogP contribution >= 0.6 is 11.8 Å². The van der Waals surface area contributed by atoms with Crippen molar-refractivity contribution in [1.82, 2.24) is 16.1 Å². The van der Waals surface area contributed by atoms with Crippen molar-refractivity contribution in [2.24, 2.45) is 0 Å². The first-order valence-electron chi connectivity index (χ1n) is 11.4. The molecule has 35 heavy (non-hydrogen) atoms. The van der Waals surface area contributed by atoms with E-state index in [0.717, 1.165) is 16.8 Å². The molecule has 0 bridgehead atoms. The average molecular weight is 501 g/mol. The van der Waals surface area contributed by atoms with E-state index in [1.807, 2.05) is 55.4 Å². The number of thioether (sulfide) groups is 1. The van der Waals surface area contributed by atoms with E-state index in [2.05, 4.69) is 10.6 Å². The van der Waals surface area contributed by atoms with E-state index in [9.17, 15) is 19.5 Å². The summed E-state index contributed by atoms with van der Waals surface area (Å²) in [6.07, 6.45) is 0.393. The predicted octanol–water partition coefficient (Wildman–Crippen LogP) is 1.64. The maximum Gasteiger partial charge on any atom is 0.251 e. The van der Waals surface area contributed by atoms with E-state index in [4.69, 9.17) is 5.21 Å². The fraction of sp³-hybridized carbons (Fsp3) is 0.400. The minimum atomic E-state index is -0.840. The number of nitrogens with zero attached hydrogens (tertiary/aromatic N) is 1. The molecule has 0 radical (unpaired) electrons. The lowest BCUT2D eigenvalue weighted by atomic mass is 10.1. The number of carbonyl (C=O) groups excluding carboxylic acids is 3. The number of carbonyl (C=O) groups is 3. The van der Waals surface area contributed by atoms with Crippen LogP contribution in [0.15, 0.2) is 48.5 Å². The molecule has 1 aliphatic carbocycles. The number of hydrogen-bond donors (Lipinski definition) is 5. The molecule has 2 aromatic carbocycles. The Morgan fingerprint density at radius 2 is 1.83 bits per heavy atom. The fourth-order valence-electron chi connectivity index (χ4n) is 3.93. The van der Waals surface area contributed by atoms with Crippen molar-refractivity contribution in [1.29, 1.82) is 0 Å². The maximum absolute atomic E-state index is 13.2. The molecule has 0 aliphatic heterocycles. The van der Waals surface area contributed by atoms with Gasteiger partial charge in [-0.2, -0.15) is 11.8 Å². The van der Waals surface area contributed by atoms with Crippen LogP contribution in [0.25, 0.3) is 0 Å². The van der Waals surface area contributed by atoms with Crippen LogP contribution in [0.2, 0.25) is 0 Å². The first-order chi connectivity index (χ1) is 16.8. The van der Waals surface area contributed by atoms with Gasteiger partial charge in [-0.05, 0) is 47.6 Å². The van der Waals surface area contributed by atoms with E-state index >= 15 is 0 Å². The third-order valence-corrected chi connectivity index (χ3v) is 7.02. The van der Waals surface area contributed by atoms with Crippen molar-refractivity contribution in [2.75, 3.05) is 30.5 Å². The van der Waals surface area contributed by atoms with Crippen molar-refractivity contribution in [3.05, 3.63) is 65.2 Å². The molecule has 0 aromatic heterocycles. The van der Waals surface area contributed by atoms with Crippen LogP contribution in [0.1, 0.15) is 40.4 Å². The van der Waals surface area contributed by atoms with Gasteiger partial charge in [0.15, 0.2) is 0 Å². The summed E-state index contributed by atoms with van der Waals surface area (Å²) < 4.78 is 0. The molecule has 3 rings (SSSR count). The van der Waals surface area contributed by atoms with E-state index in [0.29, 0.717) is 29.9 Å². The number of aliphatic hydroxyl groups is 1. The Hall–Kier alpha value is -3.08. The summed E-state index contributed by atoms with van der Waals surface area (Å²) in [6.45, 7) is 0. The van der Waals surface area contributed by atoms with Crippen LogP contribution < -0.4 is 21.0 Å². The highest BCUT2D eigenvalue weighted by Gasteiger charge is 2.34. The van der Waals surface area contributed by atoms with Crippen molar-refractivity contribution in [2.45, 2.75) is 37.5 Å². The Morgan fingerprint density at radius 1 is 1.11 bits per heavy atom. The zero-order chi connectivity index (χ0) is 25.4. The molecule has 0 fully saturated rings. The molecular weight excluding hydrogens is 468 g/mol. The summed E-state index contributed by atoms with van der Waals surface area (Å²) in [4.78, 5) is 39.3. The van der Waals surface area contributed by atoms with Crippen molar-refractivity contribution >= 4 is 35.2 Å². The topological polar surface area (TPSA) is 131 Å². The van der Waals surface area contributed by atoms with Crippen molar-refractivity contribution in [3.63, 3.8) is 0 Å². The first-order valence-corrected chi connectivity index (χ1v) is 12.6. The zero-order valence-electron chi connectivity index (χ0n) is 19.9. The Balaban J connectivity index is 1.67. The SMILES string of the molecule is CN(C)c1ccc(C(=O)N[C@@H](CSCCCC(=O)NO)C(=O)N[C@H]2c3ccccc3C[C@H]2O)cc1. The summed E-state index contributed by atoms with van der Waals surface area (Å²) in [7, 11) is 3.82. The van der Waals surface area contributed by atoms with Gasteiger partial charge in [-0.1, -0.05) is 24.3 Å². The van der Waals surface area contributed by atoms with E-state index < -0.39 is 24.1 Å². The molecule has 5 N–H and O–H groups in total. The van der Waals surface area contributed by atoms with Crippen LogP contribution in [0.3, 0.4) is 0 Å². The molecule has 3 atom stereocenters. The van der Waals surface area contributed by atoms with E-state index in [1.54, 1.807) is 17.6 Å². The van der Waals surface area contributed by atoms with Gasteiger partial charge in [-0.25, -0.2) is 5.48 Å². The van der Waals surface area contributed by atoms with Crippen LogP contribution in [-0.2, 0) is 16.0 Å². The number of aliphatic hydroxyl groups excluding tert-OH is 1. The maximum atomic E-state index is 13.2. The third-order valence-electron chi connectivity index (χ3n) is 5.87. The number of rotatable bonds is 11. The number of amides is 3. The molecule has 0 spiro atoms. The van der Waals surface area contributed by atoms with E-state index in [-0.39, 0.29) is 18.2 Å². The van der Waals surface area contributed by atoms with Crippen LogP contribution in [0, 0.1) is 0 Å². The van der Waals surface area contributed by atoms with Gasteiger partial charge in [0.2, 0.25) is 11.8 Å². The second-order valence-electron chi connectivity index (χ2n) is 8.64. The van der Waals surface area contributed by atoms with E-state index in [1.165, 1.54) is 11.8 Å². The fourth-order valence-corrected chi connectivity index (χ4v) is 4.91. The molecular formula is C25H32N4O5S. The molecule has 0 saturated carbocycles. The Kier molecular flexibility index (Phi) is 9.53. The molecule has 188 valence electrons. The van der Waals surface area contributed by atoms with Crippen molar-refractivity contribution in [3.8, 4) is 0 Å². The van der Waals surface area contributed by atoms with Gasteiger partial charge in [0.25, 0.3) is 5.91 Å². The van der Waals surface area contributed by atoms with Crippen LogP contribution in [0.5, 0.6) is 0 Å². The van der Waals surface area contributed by atoms with Gasteiger partial charge in [0, 0.05) is 43.9 Å². The van der Waals surface area contributed by atoms with Gasteiger partial charge in [-0.15, -0.1) is 0 Å². The summed E-state index contributed by atoms with van der Waals surface area (Å²) in [5, 5.41) is 24.9. The van der Waals surface area contributed by atoms with Crippen LogP contribution in [0.4, 0.5) is 5.69 Å². The number of fused-ring (bicyclic) bond motifs is 1. The average Bonchev–Trinajstić information content (AvgIpc) is 3.17. The lowest BCUT2D eigenvalue weighted by Crippen LogP contribution is -2.50. The Morgan fingerprint density at radius 3 is 2.51 bits per heavy atom. The predicted molar refractivity (Wildman–Crippen MR) is 136 cm³/mol. The lowest BCUT2D eigenvalue weighted by molar-refractivity contribution is -0.129. The minimum Gasteiger partial charge on any atom is -0.390 e. The van der Waals surface area contributed by atoms with Crippen molar-refractivity contribution < 1.29 is 24.7 Å².